The van der Waals surface area contributed by atoms with E-state index in [1.165, 1.54) is 0 Å². The Morgan fingerprint density at radius 1 is 1.40 bits per heavy atom. The molecule has 1 aliphatic rings. The summed E-state index contributed by atoms with van der Waals surface area (Å²) in [6.45, 7) is 0.546. The standard InChI is InChI=1S/C15H18N4O/c1-19(9-10-5-3-2-4-6-10)15(20)14-12(16)13(17-18-14)11-7-8-11/h2-6,11H,7-9,16H2,1H3,(H,17,18). The molecule has 0 aliphatic heterocycles. The van der Waals surface area contributed by atoms with Gasteiger partial charge < -0.3 is 10.6 Å². The lowest BCUT2D eigenvalue weighted by molar-refractivity contribution is 0.0780. The molecule has 0 bridgehead atoms. The van der Waals surface area contributed by atoms with Crippen LogP contribution in [-0.4, -0.2) is 28.1 Å². The maximum absolute atomic E-state index is 12.4. The van der Waals surface area contributed by atoms with Crippen LogP contribution < -0.4 is 5.73 Å². The van der Waals surface area contributed by atoms with Crippen molar-refractivity contribution < 1.29 is 4.79 Å². The number of carbonyl (C=O) groups excluding carboxylic acids is 1. The number of aromatic amines is 1. The van der Waals surface area contributed by atoms with Gasteiger partial charge in [0.25, 0.3) is 5.91 Å². The molecule has 1 heterocycles. The molecular weight excluding hydrogens is 252 g/mol. The van der Waals surface area contributed by atoms with Crippen molar-refractivity contribution in [1.29, 1.82) is 0 Å². The second kappa shape index (κ2) is 5.00. The van der Waals surface area contributed by atoms with E-state index in [-0.39, 0.29) is 5.91 Å². The SMILES string of the molecule is CN(Cc1ccccc1)C(=O)c1n[nH]c(C2CC2)c1N. The molecule has 1 aliphatic carbocycles. The second-order valence-electron chi connectivity index (χ2n) is 5.32. The van der Waals surface area contributed by atoms with E-state index in [1.807, 2.05) is 30.3 Å². The molecule has 1 amide bonds. The summed E-state index contributed by atoms with van der Waals surface area (Å²) in [7, 11) is 1.76. The minimum Gasteiger partial charge on any atom is -0.395 e. The molecule has 0 unspecified atom stereocenters. The smallest absolute Gasteiger partial charge is 0.276 e. The molecule has 0 spiro atoms. The average molecular weight is 270 g/mol. The predicted octanol–water partition coefficient (Wildman–Crippen LogP) is 2.14. The molecule has 5 heteroatoms. The number of nitrogens with two attached hydrogens (primary N) is 1. The van der Waals surface area contributed by atoms with Gasteiger partial charge >= 0.3 is 0 Å². The number of amides is 1. The minimum atomic E-state index is -0.144. The van der Waals surface area contributed by atoms with Crippen LogP contribution in [0.25, 0.3) is 0 Å². The van der Waals surface area contributed by atoms with Gasteiger partial charge in [-0.05, 0) is 18.4 Å². The fraction of sp³-hybridized carbons (Fsp3) is 0.333. The van der Waals surface area contributed by atoms with E-state index in [9.17, 15) is 4.79 Å². The molecule has 1 aromatic heterocycles. The monoisotopic (exact) mass is 270 g/mol. The molecule has 1 aromatic carbocycles. The molecule has 2 aromatic rings. The Balaban J connectivity index is 1.75. The van der Waals surface area contributed by atoms with E-state index in [2.05, 4.69) is 10.2 Å². The lowest BCUT2D eigenvalue weighted by atomic mass is 10.2. The maximum atomic E-state index is 12.4. The Bertz CT molecular complexity index is 616. The molecule has 20 heavy (non-hydrogen) atoms. The fourth-order valence-corrected chi connectivity index (χ4v) is 2.32. The first-order valence-corrected chi connectivity index (χ1v) is 6.80. The third-order valence-corrected chi connectivity index (χ3v) is 3.63. The molecule has 0 saturated heterocycles. The van der Waals surface area contributed by atoms with Crippen molar-refractivity contribution in [3.8, 4) is 0 Å². The van der Waals surface area contributed by atoms with Crippen molar-refractivity contribution in [2.75, 3.05) is 12.8 Å². The van der Waals surface area contributed by atoms with Gasteiger partial charge in [-0.3, -0.25) is 9.89 Å². The van der Waals surface area contributed by atoms with Crippen molar-refractivity contribution in [2.45, 2.75) is 25.3 Å². The first-order chi connectivity index (χ1) is 9.66. The minimum absolute atomic E-state index is 0.144. The van der Waals surface area contributed by atoms with E-state index in [0.29, 0.717) is 23.8 Å². The van der Waals surface area contributed by atoms with Gasteiger partial charge in [0, 0.05) is 19.5 Å². The van der Waals surface area contributed by atoms with Gasteiger partial charge in [-0.15, -0.1) is 0 Å². The van der Waals surface area contributed by atoms with Crippen molar-refractivity contribution in [3.05, 3.63) is 47.3 Å². The largest absolute Gasteiger partial charge is 0.395 e. The van der Waals surface area contributed by atoms with Crippen LogP contribution >= 0.6 is 0 Å². The normalized spacial score (nSPS) is 14.2. The summed E-state index contributed by atoms with van der Waals surface area (Å²) in [5.74, 6) is 0.318. The molecule has 104 valence electrons. The number of H-pyrrole nitrogens is 1. The highest BCUT2D eigenvalue weighted by Crippen LogP contribution is 2.42. The number of carbonyl (C=O) groups is 1. The number of hydrogen-bond donors (Lipinski definition) is 2. The Morgan fingerprint density at radius 2 is 2.10 bits per heavy atom. The zero-order valence-corrected chi connectivity index (χ0v) is 11.5. The molecule has 3 rings (SSSR count). The van der Waals surface area contributed by atoms with E-state index >= 15 is 0 Å². The lowest BCUT2D eigenvalue weighted by Gasteiger charge is -2.16. The van der Waals surface area contributed by atoms with Crippen LogP contribution in [0.2, 0.25) is 0 Å². The van der Waals surface area contributed by atoms with Gasteiger partial charge in [-0.2, -0.15) is 5.10 Å². The Morgan fingerprint density at radius 3 is 2.75 bits per heavy atom. The van der Waals surface area contributed by atoms with E-state index in [4.69, 9.17) is 5.73 Å². The summed E-state index contributed by atoms with van der Waals surface area (Å²) < 4.78 is 0. The van der Waals surface area contributed by atoms with Crippen molar-refractivity contribution in [1.82, 2.24) is 15.1 Å². The summed E-state index contributed by atoms with van der Waals surface area (Å²) in [6, 6.07) is 9.86. The second-order valence-corrected chi connectivity index (χ2v) is 5.32. The van der Waals surface area contributed by atoms with Gasteiger partial charge in [0.2, 0.25) is 0 Å². The van der Waals surface area contributed by atoms with E-state index in [0.717, 1.165) is 24.1 Å². The van der Waals surface area contributed by atoms with Crippen LogP contribution in [0.5, 0.6) is 0 Å². The van der Waals surface area contributed by atoms with Gasteiger partial charge in [0.15, 0.2) is 5.69 Å². The predicted molar refractivity (Wildman–Crippen MR) is 77.2 cm³/mol. The number of aromatic nitrogens is 2. The first-order valence-electron chi connectivity index (χ1n) is 6.80. The molecule has 0 radical (unpaired) electrons. The fourth-order valence-electron chi connectivity index (χ4n) is 2.32. The molecule has 5 nitrogen and oxygen atoms in total. The molecule has 3 N–H and O–H groups in total. The highest BCUT2D eigenvalue weighted by molar-refractivity contribution is 5.97. The van der Waals surface area contributed by atoms with E-state index < -0.39 is 0 Å². The third-order valence-electron chi connectivity index (χ3n) is 3.63. The van der Waals surface area contributed by atoms with Crippen LogP contribution in [0.1, 0.15) is 40.5 Å². The van der Waals surface area contributed by atoms with Crippen molar-refractivity contribution >= 4 is 11.6 Å². The van der Waals surface area contributed by atoms with Gasteiger partial charge in [0.1, 0.15) is 0 Å². The van der Waals surface area contributed by atoms with E-state index in [1.54, 1.807) is 11.9 Å². The Labute approximate surface area is 117 Å². The quantitative estimate of drug-likeness (QED) is 0.893. The summed E-state index contributed by atoms with van der Waals surface area (Å²) in [5.41, 5.74) is 8.89. The zero-order valence-electron chi connectivity index (χ0n) is 11.5. The highest BCUT2D eigenvalue weighted by atomic mass is 16.2. The lowest BCUT2D eigenvalue weighted by Crippen LogP contribution is -2.27. The number of hydrogen-bond acceptors (Lipinski definition) is 3. The molecule has 1 saturated carbocycles. The summed E-state index contributed by atoms with van der Waals surface area (Å²) in [4.78, 5) is 14.0. The molecule has 0 atom stereocenters. The average Bonchev–Trinajstić information content (AvgIpc) is 3.22. The molecule has 1 fully saturated rings. The Kier molecular flexibility index (Phi) is 3.18. The van der Waals surface area contributed by atoms with Crippen LogP contribution in [0.3, 0.4) is 0 Å². The number of nitrogens with zero attached hydrogens (tertiary/aromatic N) is 2. The maximum Gasteiger partial charge on any atom is 0.276 e. The van der Waals surface area contributed by atoms with Crippen LogP contribution in [0, 0.1) is 0 Å². The molecular formula is C15H18N4O. The number of benzene rings is 1. The Hall–Kier alpha value is -2.30. The number of nitrogen functional groups attached to an aromatic ring is 1. The number of anilines is 1. The van der Waals surface area contributed by atoms with Crippen molar-refractivity contribution in [2.24, 2.45) is 0 Å². The van der Waals surface area contributed by atoms with Crippen LogP contribution in [0.15, 0.2) is 30.3 Å². The third kappa shape index (κ3) is 2.39. The van der Waals surface area contributed by atoms with Gasteiger partial charge in [-0.1, -0.05) is 30.3 Å². The number of rotatable bonds is 4. The number of nitrogens with one attached hydrogen (secondary N) is 1. The van der Waals surface area contributed by atoms with Crippen molar-refractivity contribution in [3.63, 3.8) is 0 Å². The van der Waals surface area contributed by atoms with Crippen LogP contribution in [-0.2, 0) is 6.54 Å². The highest BCUT2D eigenvalue weighted by Gasteiger charge is 2.31. The van der Waals surface area contributed by atoms with Gasteiger partial charge in [0.05, 0.1) is 11.4 Å². The first kappa shape index (κ1) is 12.7. The van der Waals surface area contributed by atoms with Gasteiger partial charge in [-0.25, -0.2) is 0 Å². The zero-order chi connectivity index (χ0) is 14.1. The van der Waals surface area contributed by atoms with Crippen LogP contribution in [0.4, 0.5) is 5.69 Å². The summed E-state index contributed by atoms with van der Waals surface area (Å²) in [5, 5.41) is 7.01. The summed E-state index contributed by atoms with van der Waals surface area (Å²) in [6.07, 6.45) is 2.25. The summed E-state index contributed by atoms with van der Waals surface area (Å²) >= 11 is 0. The topological polar surface area (TPSA) is 75.0 Å².